The number of ether oxygens (including phenoxy) is 2. The molecule has 0 aliphatic heterocycles. The van der Waals surface area contributed by atoms with Crippen LogP contribution in [0.1, 0.15) is 17.2 Å². The van der Waals surface area contributed by atoms with E-state index in [2.05, 4.69) is 4.74 Å². The lowest BCUT2D eigenvalue weighted by Crippen LogP contribution is -2.14. The second-order valence-electron chi connectivity index (χ2n) is 3.28. The van der Waals surface area contributed by atoms with Crippen LogP contribution in [0.25, 0.3) is 0 Å². The van der Waals surface area contributed by atoms with Crippen LogP contribution in [0.5, 0.6) is 11.5 Å². The van der Waals surface area contributed by atoms with Gasteiger partial charge in [-0.1, -0.05) is 12.1 Å². The summed E-state index contributed by atoms with van der Waals surface area (Å²) in [4.78, 5) is 11.2. The van der Waals surface area contributed by atoms with Crippen molar-refractivity contribution in [3.05, 3.63) is 23.3 Å². The van der Waals surface area contributed by atoms with Crippen LogP contribution >= 0.6 is 0 Å². The van der Waals surface area contributed by atoms with Crippen LogP contribution < -0.4 is 4.74 Å². The minimum atomic E-state index is -1.47. The van der Waals surface area contributed by atoms with E-state index in [1.807, 2.05) is 0 Å². The Hall–Kier alpha value is -1.75. The van der Waals surface area contributed by atoms with Gasteiger partial charge in [0.2, 0.25) is 0 Å². The molecule has 5 nitrogen and oxygen atoms in total. The fraction of sp³-hybridized carbons (Fsp3) is 0.364. The zero-order valence-corrected chi connectivity index (χ0v) is 9.35. The summed E-state index contributed by atoms with van der Waals surface area (Å²) in [5.74, 6) is -0.817. The zero-order valence-electron chi connectivity index (χ0n) is 9.35. The molecule has 5 heteroatoms. The lowest BCUT2D eigenvalue weighted by atomic mass is 10.0. The topological polar surface area (TPSA) is 76.0 Å². The minimum Gasteiger partial charge on any atom is -0.504 e. The van der Waals surface area contributed by atoms with Gasteiger partial charge in [-0.3, -0.25) is 0 Å². The lowest BCUT2D eigenvalue weighted by molar-refractivity contribution is -0.150. The van der Waals surface area contributed by atoms with E-state index in [1.54, 1.807) is 13.0 Å². The van der Waals surface area contributed by atoms with Gasteiger partial charge in [0, 0.05) is 5.56 Å². The van der Waals surface area contributed by atoms with Gasteiger partial charge in [-0.2, -0.15) is 0 Å². The van der Waals surface area contributed by atoms with E-state index in [1.165, 1.54) is 20.3 Å². The molecule has 1 rings (SSSR count). The molecule has 2 N–H and O–H groups in total. The number of hydrogen-bond acceptors (Lipinski definition) is 5. The van der Waals surface area contributed by atoms with Crippen LogP contribution in [-0.2, 0) is 9.53 Å². The number of aliphatic hydroxyl groups excluding tert-OH is 1. The Kier molecular flexibility index (Phi) is 3.73. The summed E-state index contributed by atoms with van der Waals surface area (Å²) in [5.41, 5.74) is 0.773. The number of aryl methyl sites for hydroxylation is 1. The summed E-state index contributed by atoms with van der Waals surface area (Å²) in [6, 6.07) is 3.09. The molecular formula is C11H14O5. The van der Waals surface area contributed by atoms with E-state index in [9.17, 15) is 15.0 Å². The maximum Gasteiger partial charge on any atom is 0.339 e. The number of phenolic OH excluding ortho intramolecular Hbond substituents is 1. The van der Waals surface area contributed by atoms with Crippen molar-refractivity contribution in [2.75, 3.05) is 14.2 Å². The van der Waals surface area contributed by atoms with E-state index in [-0.39, 0.29) is 17.1 Å². The van der Waals surface area contributed by atoms with Gasteiger partial charge in [-0.05, 0) is 12.5 Å². The summed E-state index contributed by atoms with van der Waals surface area (Å²) in [6.45, 7) is 1.69. The zero-order chi connectivity index (χ0) is 12.3. The second kappa shape index (κ2) is 4.85. The summed E-state index contributed by atoms with van der Waals surface area (Å²) < 4.78 is 9.36. The number of benzene rings is 1. The third kappa shape index (κ3) is 2.09. The fourth-order valence-electron chi connectivity index (χ4n) is 1.35. The molecule has 0 aromatic heterocycles. The Morgan fingerprint density at radius 3 is 2.50 bits per heavy atom. The summed E-state index contributed by atoms with van der Waals surface area (Å²) in [5, 5.41) is 19.3. The first kappa shape index (κ1) is 12.3. The minimum absolute atomic E-state index is 0.0814. The molecule has 88 valence electrons. The van der Waals surface area contributed by atoms with Gasteiger partial charge >= 0.3 is 5.97 Å². The molecule has 0 fully saturated rings. The molecule has 0 saturated carbocycles. The number of phenols is 1. The highest BCUT2D eigenvalue weighted by atomic mass is 16.5. The van der Waals surface area contributed by atoms with Gasteiger partial charge in [0.1, 0.15) is 0 Å². The monoisotopic (exact) mass is 226 g/mol. The SMILES string of the molecule is COC(=O)C(O)c1ccc(C)c(O)c1OC. The molecular weight excluding hydrogens is 212 g/mol. The van der Waals surface area contributed by atoms with Crippen LogP contribution in [0.2, 0.25) is 0 Å². The first-order valence-electron chi connectivity index (χ1n) is 4.65. The van der Waals surface area contributed by atoms with Gasteiger partial charge < -0.3 is 19.7 Å². The van der Waals surface area contributed by atoms with E-state index < -0.39 is 12.1 Å². The van der Waals surface area contributed by atoms with Crippen molar-refractivity contribution < 1.29 is 24.5 Å². The first-order chi connectivity index (χ1) is 7.52. The fourth-order valence-corrected chi connectivity index (χ4v) is 1.35. The second-order valence-corrected chi connectivity index (χ2v) is 3.28. The Bertz CT molecular complexity index is 400. The van der Waals surface area contributed by atoms with Gasteiger partial charge in [0.05, 0.1) is 14.2 Å². The predicted molar refractivity (Wildman–Crippen MR) is 56.4 cm³/mol. The molecule has 0 aliphatic carbocycles. The summed E-state index contributed by atoms with van der Waals surface area (Å²) >= 11 is 0. The number of aliphatic hydroxyl groups is 1. The van der Waals surface area contributed by atoms with E-state index in [4.69, 9.17) is 4.74 Å². The number of esters is 1. The van der Waals surface area contributed by atoms with Crippen molar-refractivity contribution in [3.63, 3.8) is 0 Å². The highest BCUT2D eigenvalue weighted by Gasteiger charge is 2.24. The maximum absolute atomic E-state index is 11.2. The van der Waals surface area contributed by atoms with Gasteiger partial charge in [0.25, 0.3) is 0 Å². The van der Waals surface area contributed by atoms with Crippen LogP contribution in [-0.4, -0.2) is 30.4 Å². The lowest BCUT2D eigenvalue weighted by Gasteiger charge is -2.15. The van der Waals surface area contributed by atoms with Crippen LogP contribution in [0.4, 0.5) is 0 Å². The van der Waals surface area contributed by atoms with Crippen molar-refractivity contribution >= 4 is 5.97 Å². The van der Waals surface area contributed by atoms with Crippen LogP contribution in [0.3, 0.4) is 0 Å². The number of carbonyl (C=O) groups is 1. The molecule has 0 radical (unpaired) electrons. The molecule has 0 spiro atoms. The molecule has 0 saturated heterocycles. The normalized spacial score (nSPS) is 12.0. The molecule has 1 aromatic carbocycles. The molecule has 0 bridgehead atoms. The molecule has 0 heterocycles. The first-order valence-corrected chi connectivity index (χ1v) is 4.65. The van der Waals surface area contributed by atoms with E-state index in [0.717, 1.165) is 0 Å². The Balaban J connectivity index is 3.23. The van der Waals surface area contributed by atoms with Crippen molar-refractivity contribution in [1.82, 2.24) is 0 Å². The molecule has 1 atom stereocenters. The highest BCUT2D eigenvalue weighted by molar-refractivity contribution is 5.77. The molecule has 1 unspecified atom stereocenters. The third-order valence-corrected chi connectivity index (χ3v) is 2.29. The van der Waals surface area contributed by atoms with Gasteiger partial charge in [-0.15, -0.1) is 0 Å². The number of aromatic hydroxyl groups is 1. The van der Waals surface area contributed by atoms with Crippen molar-refractivity contribution in [3.8, 4) is 11.5 Å². The molecule has 16 heavy (non-hydrogen) atoms. The molecule has 0 amide bonds. The Morgan fingerprint density at radius 1 is 1.38 bits per heavy atom. The van der Waals surface area contributed by atoms with Gasteiger partial charge in [-0.25, -0.2) is 4.79 Å². The molecule has 1 aromatic rings. The molecule has 0 aliphatic rings. The largest absolute Gasteiger partial charge is 0.504 e. The Morgan fingerprint density at radius 2 is 2.00 bits per heavy atom. The van der Waals surface area contributed by atoms with Gasteiger partial charge in [0.15, 0.2) is 17.6 Å². The summed E-state index contributed by atoms with van der Waals surface area (Å²) in [6.07, 6.45) is -1.47. The van der Waals surface area contributed by atoms with Crippen LogP contribution in [0, 0.1) is 6.92 Å². The maximum atomic E-state index is 11.2. The predicted octanol–water partition coefficient (Wildman–Crippen LogP) is 0.916. The smallest absolute Gasteiger partial charge is 0.339 e. The number of hydrogen-bond donors (Lipinski definition) is 2. The van der Waals surface area contributed by atoms with Crippen LogP contribution in [0.15, 0.2) is 12.1 Å². The number of rotatable bonds is 3. The number of carbonyl (C=O) groups excluding carboxylic acids is 1. The van der Waals surface area contributed by atoms with Crippen molar-refractivity contribution in [2.24, 2.45) is 0 Å². The number of methoxy groups -OCH3 is 2. The third-order valence-electron chi connectivity index (χ3n) is 2.29. The van der Waals surface area contributed by atoms with E-state index in [0.29, 0.717) is 5.56 Å². The average molecular weight is 226 g/mol. The highest BCUT2D eigenvalue weighted by Crippen LogP contribution is 2.36. The average Bonchev–Trinajstić information content (AvgIpc) is 2.30. The van der Waals surface area contributed by atoms with Crippen molar-refractivity contribution in [1.29, 1.82) is 0 Å². The Labute approximate surface area is 93.2 Å². The van der Waals surface area contributed by atoms with Crippen molar-refractivity contribution in [2.45, 2.75) is 13.0 Å². The standard InChI is InChI=1S/C11H14O5/c1-6-4-5-7(9(13)11(14)16-3)10(15-2)8(6)12/h4-5,9,12-13H,1-3H3. The summed E-state index contributed by atoms with van der Waals surface area (Å²) in [7, 11) is 2.52. The van der Waals surface area contributed by atoms with E-state index >= 15 is 0 Å². The quantitative estimate of drug-likeness (QED) is 0.749.